The van der Waals surface area contributed by atoms with Gasteiger partial charge in [-0.2, -0.15) is 0 Å². The molecule has 1 heterocycles. The smallest absolute Gasteiger partial charge is 0.193 e. The second-order valence-electron chi connectivity index (χ2n) is 7.42. The number of rotatable bonds is 9. The second kappa shape index (κ2) is 11.5. The molecule has 0 aliphatic carbocycles. The number of methoxy groups -OCH3 is 1. The SMILES string of the molecule is CN=C(NCCCCOCc1ccccc1)N1CCC(c2ccc(OC)cc2)C1. The number of ether oxygens (including phenoxy) is 2. The van der Waals surface area contributed by atoms with Gasteiger partial charge in [0.2, 0.25) is 0 Å². The van der Waals surface area contributed by atoms with E-state index in [9.17, 15) is 0 Å². The Hall–Kier alpha value is -2.53. The molecule has 1 unspecified atom stereocenters. The zero-order valence-electron chi connectivity index (χ0n) is 17.6. The molecule has 0 amide bonds. The molecule has 3 rings (SSSR count). The van der Waals surface area contributed by atoms with Crippen LogP contribution in [0.2, 0.25) is 0 Å². The number of hydrogen-bond acceptors (Lipinski definition) is 3. The first-order chi connectivity index (χ1) is 14.3. The third-order valence-corrected chi connectivity index (χ3v) is 5.40. The lowest BCUT2D eigenvalue weighted by molar-refractivity contribution is 0.117. The van der Waals surface area contributed by atoms with Crippen LogP contribution < -0.4 is 10.1 Å². The summed E-state index contributed by atoms with van der Waals surface area (Å²) in [5.74, 6) is 2.46. The maximum absolute atomic E-state index is 5.76. The van der Waals surface area contributed by atoms with Gasteiger partial charge in [0.25, 0.3) is 0 Å². The highest BCUT2D eigenvalue weighted by Gasteiger charge is 2.25. The normalized spacial score (nSPS) is 16.8. The van der Waals surface area contributed by atoms with Crippen LogP contribution in [-0.2, 0) is 11.3 Å². The van der Waals surface area contributed by atoms with Crippen molar-refractivity contribution in [1.29, 1.82) is 0 Å². The highest BCUT2D eigenvalue weighted by molar-refractivity contribution is 5.80. The largest absolute Gasteiger partial charge is 0.497 e. The first-order valence-electron chi connectivity index (χ1n) is 10.5. The van der Waals surface area contributed by atoms with Crippen LogP contribution in [0.25, 0.3) is 0 Å². The minimum atomic E-state index is 0.547. The van der Waals surface area contributed by atoms with Crippen molar-refractivity contribution in [3.8, 4) is 5.75 Å². The third-order valence-electron chi connectivity index (χ3n) is 5.40. The number of aliphatic imine (C=N–C) groups is 1. The van der Waals surface area contributed by atoms with Crippen molar-refractivity contribution in [1.82, 2.24) is 10.2 Å². The van der Waals surface area contributed by atoms with E-state index >= 15 is 0 Å². The Bertz CT molecular complexity index is 746. The van der Waals surface area contributed by atoms with E-state index < -0.39 is 0 Å². The first-order valence-corrected chi connectivity index (χ1v) is 10.5. The number of nitrogens with one attached hydrogen (secondary N) is 1. The standard InChI is InChI=1S/C24H33N3O2/c1-25-24(26-15-6-7-17-29-19-20-8-4-3-5-9-20)27-16-14-22(18-27)21-10-12-23(28-2)13-11-21/h3-5,8-13,22H,6-7,14-19H2,1-2H3,(H,25,26). The molecule has 29 heavy (non-hydrogen) atoms. The van der Waals surface area contributed by atoms with Gasteiger partial charge in [-0.05, 0) is 42.5 Å². The summed E-state index contributed by atoms with van der Waals surface area (Å²) in [5.41, 5.74) is 2.60. The van der Waals surface area contributed by atoms with Gasteiger partial charge in [0.05, 0.1) is 13.7 Å². The Morgan fingerprint density at radius 2 is 1.90 bits per heavy atom. The summed E-state index contributed by atoms with van der Waals surface area (Å²) in [6, 6.07) is 18.8. The summed E-state index contributed by atoms with van der Waals surface area (Å²) in [4.78, 5) is 6.84. The molecule has 0 bridgehead atoms. The fourth-order valence-corrected chi connectivity index (χ4v) is 3.73. The van der Waals surface area contributed by atoms with Gasteiger partial charge in [-0.1, -0.05) is 42.5 Å². The van der Waals surface area contributed by atoms with Gasteiger partial charge in [-0.25, -0.2) is 0 Å². The van der Waals surface area contributed by atoms with Gasteiger partial charge in [0.1, 0.15) is 5.75 Å². The fraction of sp³-hybridized carbons (Fsp3) is 0.458. The average Bonchev–Trinajstić information content (AvgIpc) is 3.26. The molecule has 1 N–H and O–H groups in total. The molecule has 0 spiro atoms. The average molecular weight is 396 g/mol. The zero-order chi connectivity index (χ0) is 20.3. The van der Waals surface area contributed by atoms with E-state index in [2.05, 4.69) is 39.5 Å². The highest BCUT2D eigenvalue weighted by Crippen LogP contribution is 2.28. The van der Waals surface area contributed by atoms with E-state index in [0.717, 1.165) is 57.2 Å². The fourth-order valence-electron chi connectivity index (χ4n) is 3.73. The first kappa shape index (κ1) is 21.2. The molecule has 0 radical (unpaired) electrons. The summed E-state index contributed by atoms with van der Waals surface area (Å²) in [6.45, 7) is 4.45. The van der Waals surface area contributed by atoms with Crippen LogP contribution in [0.5, 0.6) is 5.75 Å². The molecule has 156 valence electrons. The number of guanidine groups is 1. The Morgan fingerprint density at radius 1 is 1.10 bits per heavy atom. The summed E-state index contributed by atoms with van der Waals surface area (Å²) in [7, 11) is 3.57. The van der Waals surface area contributed by atoms with Crippen LogP contribution in [0.3, 0.4) is 0 Å². The second-order valence-corrected chi connectivity index (χ2v) is 7.42. The van der Waals surface area contributed by atoms with E-state index in [4.69, 9.17) is 9.47 Å². The summed E-state index contributed by atoms with van der Waals surface area (Å²) >= 11 is 0. The minimum absolute atomic E-state index is 0.547. The highest BCUT2D eigenvalue weighted by atomic mass is 16.5. The molecule has 5 nitrogen and oxygen atoms in total. The van der Waals surface area contributed by atoms with Crippen molar-refractivity contribution in [2.75, 3.05) is 40.4 Å². The van der Waals surface area contributed by atoms with E-state index in [-0.39, 0.29) is 0 Å². The lowest BCUT2D eigenvalue weighted by Crippen LogP contribution is -2.40. The number of benzene rings is 2. The van der Waals surface area contributed by atoms with Gasteiger partial charge in [0, 0.05) is 39.2 Å². The molecular formula is C24H33N3O2. The third kappa shape index (κ3) is 6.50. The minimum Gasteiger partial charge on any atom is -0.497 e. The molecule has 1 aliphatic rings. The van der Waals surface area contributed by atoms with Crippen molar-refractivity contribution >= 4 is 5.96 Å². The summed E-state index contributed by atoms with van der Waals surface area (Å²) in [6.07, 6.45) is 3.27. The Labute approximate surface area is 174 Å². The van der Waals surface area contributed by atoms with Crippen LogP contribution in [0, 0.1) is 0 Å². The number of likely N-dealkylation sites (tertiary alicyclic amines) is 1. The topological polar surface area (TPSA) is 46.1 Å². The van der Waals surface area contributed by atoms with Gasteiger partial charge in [-0.3, -0.25) is 4.99 Å². The van der Waals surface area contributed by atoms with Gasteiger partial charge in [0.15, 0.2) is 5.96 Å². The van der Waals surface area contributed by atoms with E-state index in [0.29, 0.717) is 12.5 Å². The van der Waals surface area contributed by atoms with E-state index in [1.165, 1.54) is 11.1 Å². The van der Waals surface area contributed by atoms with Gasteiger partial charge in [-0.15, -0.1) is 0 Å². The zero-order valence-corrected chi connectivity index (χ0v) is 17.6. The molecule has 1 atom stereocenters. The Kier molecular flexibility index (Phi) is 8.38. The predicted octanol–water partition coefficient (Wildman–Crippen LogP) is 4.06. The van der Waals surface area contributed by atoms with E-state index in [1.54, 1.807) is 7.11 Å². The van der Waals surface area contributed by atoms with Crippen molar-refractivity contribution in [2.24, 2.45) is 4.99 Å². The van der Waals surface area contributed by atoms with Gasteiger partial charge < -0.3 is 19.7 Å². The summed E-state index contributed by atoms with van der Waals surface area (Å²) in [5, 5.41) is 3.51. The van der Waals surface area contributed by atoms with Crippen molar-refractivity contribution in [2.45, 2.75) is 31.8 Å². The summed E-state index contributed by atoms with van der Waals surface area (Å²) < 4.78 is 11.0. The number of hydrogen-bond donors (Lipinski definition) is 1. The van der Waals surface area contributed by atoms with Crippen molar-refractivity contribution in [3.63, 3.8) is 0 Å². The molecule has 1 aliphatic heterocycles. The van der Waals surface area contributed by atoms with Gasteiger partial charge >= 0.3 is 0 Å². The number of nitrogens with zero attached hydrogens (tertiary/aromatic N) is 2. The maximum Gasteiger partial charge on any atom is 0.193 e. The monoisotopic (exact) mass is 395 g/mol. The lowest BCUT2D eigenvalue weighted by atomic mass is 9.98. The molecule has 1 fully saturated rings. The van der Waals surface area contributed by atoms with Crippen LogP contribution in [0.15, 0.2) is 59.6 Å². The predicted molar refractivity (Wildman–Crippen MR) is 119 cm³/mol. The Morgan fingerprint density at radius 3 is 2.62 bits per heavy atom. The van der Waals surface area contributed by atoms with Crippen molar-refractivity contribution < 1.29 is 9.47 Å². The van der Waals surface area contributed by atoms with Crippen molar-refractivity contribution in [3.05, 3.63) is 65.7 Å². The van der Waals surface area contributed by atoms with Crippen LogP contribution >= 0.6 is 0 Å². The quantitative estimate of drug-likeness (QED) is 0.395. The Balaban J connectivity index is 1.33. The van der Waals surface area contributed by atoms with Crippen LogP contribution in [0.1, 0.15) is 36.3 Å². The molecule has 2 aromatic carbocycles. The molecule has 0 aromatic heterocycles. The molecule has 2 aromatic rings. The van der Waals surface area contributed by atoms with Crippen LogP contribution in [-0.4, -0.2) is 51.3 Å². The molecular weight excluding hydrogens is 362 g/mol. The van der Waals surface area contributed by atoms with E-state index in [1.807, 2.05) is 37.4 Å². The lowest BCUT2D eigenvalue weighted by Gasteiger charge is -2.22. The maximum atomic E-state index is 5.76. The molecule has 5 heteroatoms. The van der Waals surface area contributed by atoms with Crippen LogP contribution in [0.4, 0.5) is 0 Å². The molecule has 1 saturated heterocycles. The number of unbranched alkanes of at least 4 members (excludes halogenated alkanes) is 1. The molecule has 0 saturated carbocycles.